The van der Waals surface area contributed by atoms with E-state index in [9.17, 15) is 23.6 Å². The lowest BCUT2D eigenvalue weighted by molar-refractivity contribution is -0.133. The van der Waals surface area contributed by atoms with E-state index in [1.807, 2.05) is 0 Å². The maximum Gasteiger partial charge on any atom is 0.287 e. The van der Waals surface area contributed by atoms with Crippen molar-refractivity contribution in [2.24, 2.45) is 0 Å². The third-order valence-electron chi connectivity index (χ3n) is 6.74. The number of hydrogen-bond donors (Lipinski definition) is 3. The minimum absolute atomic E-state index is 0.0354. The van der Waals surface area contributed by atoms with Crippen LogP contribution in [0.3, 0.4) is 0 Å². The number of ketones is 1. The van der Waals surface area contributed by atoms with Crippen LogP contribution in [0.25, 0.3) is 0 Å². The zero-order valence-corrected chi connectivity index (χ0v) is 19.6. The van der Waals surface area contributed by atoms with Crippen LogP contribution < -0.4 is 20.9 Å². The van der Waals surface area contributed by atoms with Crippen LogP contribution in [-0.2, 0) is 9.59 Å². The van der Waals surface area contributed by atoms with Crippen molar-refractivity contribution in [2.45, 2.75) is 50.1 Å². The second-order valence-corrected chi connectivity index (χ2v) is 9.02. The van der Waals surface area contributed by atoms with Crippen LogP contribution >= 0.6 is 0 Å². The van der Waals surface area contributed by atoms with E-state index in [-0.39, 0.29) is 29.6 Å². The standard InChI is InChI=1S/C25H29FN4O5/c1-27-22(32)17-14-16(26)7-8-19(17)30-12-9-18(20(31)15-30)28-24(34)25(10-3-2-4-11-25)29-23(33)21-6-5-13-35-21/h5-8,13-14,18H,2-4,9-12,15H2,1H3,(H,27,32)(H,28,34)(H,29,33). The van der Waals surface area contributed by atoms with E-state index in [1.54, 1.807) is 11.0 Å². The molecule has 2 fully saturated rings. The lowest BCUT2D eigenvalue weighted by Crippen LogP contribution is -2.63. The molecule has 186 valence electrons. The number of benzene rings is 1. The smallest absolute Gasteiger partial charge is 0.287 e. The molecule has 1 aromatic carbocycles. The van der Waals surface area contributed by atoms with Crippen LogP contribution in [0.1, 0.15) is 59.4 Å². The first kappa shape index (κ1) is 24.4. The van der Waals surface area contributed by atoms with Crippen LogP contribution in [0.4, 0.5) is 10.1 Å². The Bertz CT molecular complexity index is 1110. The number of Topliss-reactive ketones (excluding diaryl/α,β-unsaturated/α-hetero) is 1. The van der Waals surface area contributed by atoms with Crippen molar-refractivity contribution in [1.29, 1.82) is 0 Å². The Balaban J connectivity index is 1.45. The van der Waals surface area contributed by atoms with Crippen molar-refractivity contribution in [2.75, 3.05) is 25.0 Å². The molecule has 0 spiro atoms. The number of rotatable bonds is 6. The molecular formula is C25H29FN4O5. The van der Waals surface area contributed by atoms with Gasteiger partial charge in [-0.2, -0.15) is 0 Å². The summed E-state index contributed by atoms with van der Waals surface area (Å²) in [6.07, 6.45) is 5.19. The summed E-state index contributed by atoms with van der Waals surface area (Å²) in [7, 11) is 1.45. The van der Waals surface area contributed by atoms with Crippen LogP contribution in [-0.4, -0.2) is 55.2 Å². The molecule has 1 aliphatic carbocycles. The number of halogens is 1. The molecule has 1 unspecified atom stereocenters. The Hall–Kier alpha value is -3.69. The molecule has 3 amide bonds. The van der Waals surface area contributed by atoms with Gasteiger partial charge in [-0.25, -0.2) is 4.39 Å². The third-order valence-corrected chi connectivity index (χ3v) is 6.74. The van der Waals surface area contributed by atoms with Crippen LogP contribution in [0.5, 0.6) is 0 Å². The number of nitrogens with one attached hydrogen (secondary N) is 3. The molecule has 4 rings (SSSR count). The molecule has 10 heteroatoms. The highest BCUT2D eigenvalue weighted by atomic mass is 19.1. The number of furan rings is 1. The average molecular weight is 485 g/mol. The number of piperidine rings is 1. The van der Waals surface area contributed by atoms with Gasteiger partial charge in [0.15, 0.2) is 11.5 Å². The maximum absolute atomic E-state index is 13.7. The first-order valence-electron chi connectivity index (χ1n) is 11.8. The van der Waals surface area contributed by atoms with E-state index >= 15 is 0 Å². The fourth-order valence-corrected chi connectivity index (χ4v) is 4.83. The van der Waals surface area contributed by atoms with Gasteiger partial charge in [-0.1, -0.05) is 19.3 Å². The van der Waals surface area contributed by atoms with Crippen LogP contribution in [0.2, 0.25) is 0 Å². The van der Waals surface area contributed by atoms with E-state index < -0.39 is 29.2 Å². The van der Waals surface area contributed by atoms with Crippen molar-refractivity contribution in [3.63, 3.8) is 0 Å². The highest BCUT2D eigenvalue weighted by Crippen LogP contribution is 2.30. The minimum Gasteiger partial charge on any atom is -0.459 e. The molecule has 1 atom stereocenters. The van der Waals surface area contributed by atoms with Gasteiger partial charge in [0, 0.05) is 13.6 Å². The second kappa shape index (κ2) is 10.3. The molecule has 1 saturated heterocycles. The Morgan fingerprint density at radius 1 is 1.11 bits per heavy atom. The average Bonchev–Trinajstić information content (AvgIpc) is 3.40. The summed E-state index contributed by atoms with van der Waals surface area (Å²) in [6, 6.07) is 6.28. The molecule has 1 saturated carbocycles. The quantitative estimate of drug-likeness (QED) is 0.578. The number of hydrogen-bond acceptors (Lipinski definition) is 6. The summed E-state index contributed by atoms with van der Waals surface area (Å²) in [5.41, 5.74) is -0.508. The molecular weight excluding hydrogens is 455 g/mol. The molecule has 0 bridgehead atoms. The predicted molar refractivity (Wildman–Crippen MR) is 126 cm³/mol. The van der Waals surface area contributed by atoms with Crippen LogP contribution in [0, 0.1) is 5.82 Å². The predicted octanol–water partition coefficient (Wildman–Crippen LogP) is 2.18. The van der Waals surface area contributed by atoms with Crippen molar-refractivity contribution in [1.82, 2.24) is 16.0 Å². The van der Waals surface area contributed by atoms with Crippen molar-refractivity contribution in [3.05, 3.63) is 53.7 Å². The zero-order chi connectivity index (χ0) is 25.0. The van der Waals surface area contributed by atoms with Gasteiger partial charge in [-0.15, -0.1) is 0 Å². The van der Waals surface area contributed by atoms with E-state index in [2.05, 4.69) is 16.0 Å². The van der Waals surface area contributed by atoms with Crippen LogP contribution in [0.15, 0.2) is 41.0 Å². The summed E-state index contributed by atoms with van der Waals surface area (Å²) >= 11 is 0. The van der Waals surface area contributed by atoms with E-state index in [0.29, 0.717) is 31.5 Å². The Morgan fingerprint density at radius 3 is 2.54 bits per heavy atom. The monoisotopic (exact) mass is 484 g/mol. The topological polar surface area (TPSA) is 121 Å². The molecule has 2 aromatic rings. The van der Waals surface area contributed by atoms with Gasteiger partial charge in [0.25, 0.3) is 11.8 Å². The Kier molecular flexibility index (Phi) is 7.18. The normalized spacial score (nSPS) is 19.7. The first-order chi connectivity index (χ1) is 16.8. The molecule has 3 N–H and O–H groups in total. The molecule has 9 nitrogen and oxygen atoms in total. The highest BCUT2D eigenvalue weighted by molar-refractivity contribution is 6.02. The molecule has 2 aliphatic rings. The lowest BCUT2D eigenvalue weighted by atomic mass is 9.80. The summed E-state index contributed by atoms with van der Waals surface area (Å²) in [4.78, 5) is 53.0. The highest BCUT2D eigenvalue weighted by Gasteiger charge is 2.43. The maximum atomic E-state index is 13.7. The van der Waals surface area contributed by atoms with Gasteiger partial charge in [0.2, 0.25) is 5.91 Å². The second-order valence-electron chi connectivity index (χ2n) is 9.02. The lowest BCUT2D eigenvalue weighted by Gasteiger charge is -2.39. The van der Waals surface area contributed by atoms with Gasteiger partial charge in [-0.3, -0.25) is 19.2 Å². The van der Waals surface area contributed by atoms with Gasteiger partial charge in [0.1, 0.15) is 11.4 Å². The molecule has 0 radical (unpaired) electrons. The number of amides is 3. The number of nitrogens with zero attached hydrogens (tertiary/aromatic N) is 1. The van der Waals surface area contributed by atoms with Gasteiger partial charge >= 0.3 is 0 Å². The number of carbonyl (C=O) groups is 4. The Labute approximate surface area is 202 Å². The number of carbonyl (C=O) groups excluding carboxylic acids is 4. The summed E-state index contributed by atoms with van der Waals surface area (Å²) in [6.45, 7) is 0.352. The Morgan fingerprint density at radius 2 is 1.89 bits per heavy atom. The van der Waals surface area contributed by atoms with Gasteiger partial charge in [-0.05, 0) is 49.6 Å². The SMILES string of the molecule is CNC(=O)c1cc(F)ccc1N1CCC(NC(=O)C2(NC(=O)c3ccco3)CCCCC2)C(=O)C1. The fraction of sp³-hybridized carbons (Fsp3) is 0.440. The first-order valence-corrected chi connectivity index (χ1v) is 11.8. The van der Waals surface area contributed by atoms with E-state index in [4.69, 9.17) is 4.42 Å². The molecule has 35 heavy (non-hydrogen) atoms. The summed E-state index contributed by atoms with van der Waals surface area (Å²) < 4.78 is 18.9. The minimum atomic E-state index is -1.11. The van der Waals surface area contributed by atoms with Crippen molar-refractivity contribution >= 4 is 29.2 Å². The van der Waals surface area contributed by atoms with Crippen molar-refractivity contribution in [3.8, 4) is 0 Å². The molecule has 1 aliphatic heterocycles. The van der Waals surface area contributed by atoms with Gasteiger partial charge < -0.3 is 25.3 Å². The zero-order valence-electron chi connectivity index (χ0n) is 19.6. The fourth-order valence-electron chi connectivity index (χ4n) is 4.83. The third kappa shape index (κ3) is 5.21. The molecule has 2 heterocycles. The largest absolute Gasteiger partial charge is 0.459 e. The number of anilines is 1. The van der Waals surface area contributed by atoms with Gasteiger partial charge in [0.05, 0.1) is 30.1 Å². The van der Waals surface area contributed by atoms with Crippen molar-refractivity contribution < 1.29 is 28.0 Å². The van der Waals surface area contributed by atoms with E-state index in [0.717, 1.165) is 25.3 Å². The summed E-state index contributed by atoms with van der Waals surface area (Å²) in [5.74, 6) is -1.94. The molecule has 1 aromatic heterocycles. The van der Waals surface area contributed by atoms with E-state index in [1.165, 1.54) is 31.5 Å². The summed E-state index contributed by atoms with van der Waals surface area (Å²) in [5, 5.41) is 8.20.